The Morgan fingerprint density at radius 1 is 0.821 bits per heavy atom. The van der Waals surface area contributed by atoms with Gasteiger partial charge in [-0.3, -0.25) is 9.59 Å². The van der Waals surface area contributed by atoms with Crippen LogP contribution in [0.15, 0.2) is 25.3 Å². The Labute approximate surface area is 164 Å². The first-order chi connectivity index (χ1) is 13.3. The molecule has 4 atom stereocenters. The van der Waals surface area contributed by atoms with Crippen LogP contribution in [0.2, 0.25) is 0 Å². The summed E-state index contributed by atoms with van der Waals surface area (Å²) in [6, 6.07) is 0. The summed E-state index contributed by atoms with van der Waals surface area (Å²) >= 11 is 0. The summed E-state index contributed by atoms with van der Waals surface area (Å²) in [4.78, 5) is 47.1. The van der Waals surface area contributed by atoms with Gasteiger partial charge in [-0.25, -0.2) is 9.59 Å². The van der Waals surface area contributed by atoms with Gasteiger partial charge in [-0.2, -0.15) is 0 Å². The maximum Gasteiger partial charge on any atom is 0.330 e. The molecule has 8 heteroatoms. The first-order valence-corrected chi connectivity index (χ1v) is 9.27. The van der Waals surface area contributed by atoms with E-state index in [0.717, 1.165) is 25.0 Å². The van der Waals surface area contributed by atoms with Gasteiger partial charge >= 0.3 is 23.9 Å². The molecule has 1 saturated carbocycles. The molecule has 4 unspecified atom stereocenters. The second-order valence-corrected chi connectivity index (χ2v) is 6.66. The van der Waals surface area contributed by atoms with E-state index in [1.54, 1.807) is 13.8 Å². The average molecular weight is 396 g/mol. The first kappa shape index (κ1) is 23.4. The van der Waals surface area contributed by atoms with Crippen LogP contribution in [0.1, 0.15) is 39.5 Å². The molecule has 0 aliphatic heterocycles. The molecule has 0 aromatic rings. The van der Waals surface area contributed by atoms with Crippen molar-refractivity contribution in [3.8, 4) is 0 Å². The number of carbonyl (C=O) groups excluding carboxylic acids is 4. The van der Waals surface area contributed by atoms with Crippen molar-refractivity contribution in [1.82, 2.24) is 0 Å². The van der Waals surface area contributed by atoms with Gasteiger partial charge in [-0.15, -0.1) is 0 Å². The number of esters is 4. The molecule has 0 saturated heterocycles. The van der Waals surface area contributed by atoms with Gasteiger partial charge in [-0.1, -0.05) is 26.0 Å². The third-order valence-corrected chi connectivity index (χ3v) is 4.26. The highest BCUT2D eigenvalue weighted by Crippen LogP contribution is 2.32. The molecule has 1 rings (SSSR count). The minimum atomic E-state index is -0.621. The van der Waals surface area contributed by atoms with Gasteiger partial charge in [-0.05, 0) is 26.7 Å². The van der Waals surface area contributed by atoms with E-state index in [1.807, 2.05) is 0 Å². The molecular formula is C20H28O8. The Hall–Kier alpha value is -2.64. The van der Waals surface area contributed by atoms with E-state index in [4.69, 9.17) is 18.9 Å². The van der Waals surface area contributed by atoms with E-state index >= 15 is 0 Å². The predicted octanol–water partition coefficient (Wildman–Crippen LogP) is 2.11. The highest BCUT2D eigenvalue weighted by Gasteiger charge is 2.38. The Morgan fingerprint density at radius 3 is 1.50 bits per heavy atom. The summed E-state index contributed by atoms with van der Waals surface area (Å²) in [6.07, 6.45) is 3.45. The number of carbonyl (C=O) groups is 4. The quantitative estimate of drug-likeness (QED) is 0.314. The molecular weight excluding hydrogens is 368 g/mol. The maximum absolute atomic E-state index is 12.4. The summed E-state index contributed by atoms with van der Waals surface area (Å²) < 4.78 is 20.3. The van der Waals surface area contributed by atoms with Crippen molar-refractivity contribution in [1.29, 1.82) is 0 Å². The van der Waals surface area contributed by atoms with Crippen LogP contribution < -0.4 is 0 Å². The number of ether oxygens (including phenoxy) is 4. The molecule has 0 spiro atoms. The van der Waals surface area contributed by atoms with Crippen LogP contribution in [0.25, 0.3) is 0 Å². The van der Waals surface area contributed by atoms with Crippen molar-refractivity contribution in [3.63, 3.8) is 0 Å². The van der Waals surface area contributed by atoms with Crippen molar-refractivity contribution in [2.24, 2.45) is 11.8 Å². The van der Waals surface area contributed by atoms with Crippen LogP contribution >= 0.6 is 0 Å². The highest BCUT2D eigenvalue weighted by molar-refractivity contribution is 5.83. The second-order valence-electron chi connectivity index (χ2n) is 6.66. The molecule has 28 heavy (non-hydrogen) atoms. The highest BCUT2D eigenvalue weighted by atomic mass is 16.6. The van der Waals surface area contributed by atoms with Crippen molar-refractivity contribution >= 4 is 23.9 Å². The van der Waals surface area contributed by atoms with Crippen LogP contribution in [-0.2, 0) is 38.1 Å². The summed E-state index contributed by atoms with van der Waals surface area (Å²) in [7, 11) is 0. The maximum atomic E-state index is 12.4. The van der Waals surface area contributed by atoms with E-state index in [2.05, 4.69) is 13.2 Å². The Kier molecular flexibility index (Phi) is 9.98. The fraction of sp³-hybridized carbons (Fsp3) is 0.600. The molecule has 1 aliphatic rings. The average Bonchev–Trinajstić information content (AvgIpc) is 2.69. The molecule has 1 fully saturated rings. The minimum Gasteiger partial charge on any atom is -0.462 e. The lowest BCUT2D eigenvalue weighted by atomic mass is 9.79. The minimum absolute atomic E-state index is 0.106. The lowest BCUT2D eigenvalue weighted by Crippen LogP contribution is -2.37. The normalized spacial score (nSPS) is 20.8. The molecule has 156 valence electrons. The van der Waals surface area contributed by atoms with E-state index in [9.17, 15) is 19.2 Å². The number of hydrogen-bond donors (Lipinski definition) is 0. The third-order valence-electron chi connectivity index (χ3n) is 4.26. The molecule has 1 aliphatic carbocycles. The molecule has 0 aromatic heterocycles. The monoisotopic (exact) mass is 396 g/mol. The summed E-state index contributed by atoms with van der Waals surface area (Å²) in [5, 5.41) is 0. The first-order valence-electron chi connectivity index (χ1n) is 9.27. The number of hydrogen-bond acceptors (Lipinski definition) is 8. The lowest BCUT2D eigenvalue weighted by Gasteiger charge is -2.29. The molecule has 0 aromatic carbocycles. The van der Waals surface area contributed by atoms with E-state index in [1.165, 1.54) is 0 Å². The van der Waals surface area contributed by atoms with E-state index in [-0.39, 0.29) is 13.2 Å². The van der Waals surface area contributed by atoms with Crippen LogP contribution in [0.4, 0.5) is 0 Å². The van der Waals surface area contributed by atoms with Crippen LogP contribution in [0, 0.1) is 11.8 Å². The molecule has 0 radical (unpaired) electrons. The largest absolute Gasteiger partial charge is 0.462 e. The summed E-state index contributed by atoms with van der Waals surface area (Å²) in [6.45, 7) is 9.56. The van der Waals surface area contributed by atoms with Gasteiger partial charge in [0.25, 0.3) is 0 Å². The second kappa shape index (κ2) is 11.9. The zero-order chi connectivity index (χ0) is 21.1. The molecule has 0 bridgehead atoms. The molecule has 0 amide bonds. The predicted molar refractivity (Wildman–Crippen MR) is 98.9 cm³/mol. The van der Waals surface area contributed by atoms with Gasteiger partial charge in [0.15, 0.2) is 0 Å². The molecule has 0 N–H and O–H groups in total. The Bertz CT molecular complexity index is 545. The zero-order valence-corrected chi connectivity index (χ0v) is 16.4. The smallest absolute Gasteiger partial charge is 0.330 e. The SMILES string of the molecule is C=CC(=O)OC(C)COC(=O)C1CCCCC1C(=O)OCC(C)OC(=O)C=C. The van der Waals surface area contributed by atoms with E-state index in [0.29, 0.717) is 12.8 Å². The summed E-state index contributed by atoms with van der Waals surface area (Å²) in [5.74, 6) is -3.48. The van der Waals surface area contributed by atoms with Crippen LogP contribution in [-0.4, -0.2) is 49.3 Å². The Balaban J connectivity index is 2.54. The summed E-state index contributed by atoms with van der Waals surface area (Å²) in [5.41, 5.74) is 0. The fourth-order valence-electron chi connectivity index (χ4n) is 2.87. The van der Waals surface area contributed by atoms with Gasteiger partial charge < -0.3 is 18.9 Å². The standard InChI is InChI=1S/C20H28O8/c1-5-17(21)27-13(3)11-25-19(23)15-9-7-8-10-16(15)20(24)26-12-14(4)28-18(22)6-2/h5-6,13-16H,1-2,7-12H2,3-4H3. The van der Waals surface area contributed by atoms with Crippen LogP contribution in [0.5, 0.6) is 0 Å². The zero-order valence-electron chi connectivity index (χ0n) is 16.4. The van der Waals surface area contributed by atoms with Crippen molar-refractivity contribution in [2.45, 2.75) is 51.7 Å². The Morgan fingerprint density at radius 2 is 1.18 bits per heavy atom. The van der Waals surface area contributed by atoms with Crippen molar-refractivity contribution in [2.75, 3.05) is 13.2 Å². The third kappa shape index (κ3) is 7.94. The number of rotatable bonds is 10. The molecule has 8 nitrogen and oxygen atoms in total. The van der Waals surface area contributed by atoms with Gasteiger partial charge in [0.1, 0.15) is 25.4 Å². The van der Waals surface area contributed by atoms with Crippen LogP contribution in [0.3, 0.4) is 0 Å². The lowest BCUT2D eigenvalue weighted by molar-refractivity contribution is -0.168. The topological polar surface area (TPSA) is 105 Å². The molecule has 0 heterocycles. The fourth-order valence-corrected chi connectivity index (χ4v) is 2.87. The van der Waals surface area contributed by atoms with Crippen molar-refractivity contribution < 1.29 is 38.1 Å². The van der Waals surface area contributed by atoms with Gasteiger partial charge in [0, 0.05) is 12.2 Å². The van der Waals surface area contributed by atoms with Gasteiger partial charge in [0.05, 0.1) is 11.8 Å². The van der Waals surface area contributed by atoms with Gasteiger partial charge in [0.2, 0.25) is 0 Å². The van der Waals surface area contributed by atoms with E-state index < -0.39 is 47.9 Å². The van der Waals surface area contributed by atoms with Crippen molar-refractivity contribution in [3.05, 3.63) is 25.3 Å².